The maximum absolute atomic E-state index is 11.6. The van der Waals surface area contributed by atoms with Gasteiger partial charge in [0.25, 0.3) is 0 Å². The number of ether oxygens (including phenoxy) is 2. The topological polar surface area (TPSA) is 59.0 Å². The van der Waals surface area contributed by atoms with Gasteiger partial charge < -0.3 is 14.6 Å². The number of piperidine rings is 1. The molecule has 0 radical (unpaired) electrons. The van der Waals surface area contributed by atoms with E-state index >= 15 is 0 Å². The minimum Gasteiger partial charge on any atom is -0.493 e. The van der Waals surface area contributed by atoms with Crippen LogP contribution in [-0.2, 0) is 11.4 Å². The molecule has 2 unspecified atom stereocenters. The molecular formula is C25H27NO4S. The summed E-state index contributed by atoms with van der Waals surface area (Å²) in [5, 5.41) is 13.8. The van der Waals surface area contributed by atoms with Crippen molar-refractivity contribution in [3.63, 3.8) is 0 Å². The van der Waals surface area contributed by atoms with E-state index in [0.717, 1.165) is 30.5 Å². The van der Waals surface area contributed by atoms with E-state index in [1.807, 2.05) is 42.5 Å². The van der Waals surface area contributed by atoms with E-state index in [4.69, 9.17) is 9.47 Å². The molecule has 2 heterocycles. The molecule has 1 saturated heterocycles. The molecule has 0 bridgehead atoms. The summed E-state index contributed by atoms with van der Waals surface area (Å²) in [6.45, 7) is 1.89. The molecule has 5 nitrogen and oxygen atoms in total. The SMILES string of the molecule is COc1cc(C(c2ccsc2)N2CCCC(C(=O)O)C2)ccc1OCc1ccccc1. The van der Waals surface area contributed by atoms with Crippen LogP contribution in [0.15, 0.2) is 65.4 Å². The molecule has 162 valence electrons. The first-order valence-corrected chi connectivity index (χ1v) is 11.4. The molecule has 1 fully saturated rings. The summed E-state index contributed by atoms with van der Waals surface area (Å²) in [6, 6.07) is 18.2. The van der Waals surface area contributed by atoms with Gasteiger partial charge in [0.15, 0.2) is 11.5 Å². The van der Waals surface area contributed by atoms with E-state index in [2.05, 4.69) is 27.8 Å². The van der Waals surface area contributed by atoms with Crippen LogP contribution in [0.2, 0.25) is 0 Å². The Morgan fingerprint density at radius 1 is 1.16 bits per heavy atom. The van der Waals surface area contributed by atoms with E-state index in [0.29, 0.717) is 24.7 Å². The van der Waals surface area contributed by atoms with Crippen LogP contribution in [0, 0.1) is 5.92 Å². The molecule has 1 aromatic heterocycles. The van der Waals surface area contributed by atoms with Crippen LogP contribution in [0.3, 0.4) is 0 Å². The third kappa shape index (κ3) is 5.09. The van der Waals surface area contributed by atoms with Crippen molar-refractivity contribution in [3.05, 3.63) is 82.0 Å². The molecule has 1 aliphatic rings. The fraction of sp³-hybridized carbons (Fsp3) is 0.320. The second-order valence-corrected chi connectivity index (χ2v) is 8.60. The number of nitrogens with zero attached hydrogens (tertiary/aromatic N) is 1. The third-order valence-corrected chi connectivity index (χ3v) is 6.47. The number of hydrogen-bond acceptors (Lipinski definition) is 5. The van der Waals surface area contributed by atoms with Crippen molar-refractivity contribution in [3.8, 4) is 11.5 Å². The number of likely N-dealkylation sites (tertiary alicyclic amines) is 1. The second kappa shape index (κ2) is 9.98. The van der Waals surface area contributed by atoms with Gasteiger partial charge in [-0.2, -0.15) is 11.3 Å². The van der Waals surface area contributed by atoms with Gasteiger partial charge in [-0.25, -0.2) is 0 Å². The van der Waals surface area contributed by atoms with Crippen LogP contribution in [0.4, 0.5) is 0 Å². The quantitative estimate of drug-likeness (QED) is 0.523. The van der Waals surface area contributed by atoms with Gasteiger partial charge in [0.05, 0.1) is 19.1 Å². The van der Waals surface area contributed by atoms with Crippen LogP contribution < -0.4 is 9.47 Å². The largest absolute Gasteiger partial charge is 0.493 e. The van der Waals surface area contributed by atoms with Crippen molar-refractivity contribution in [2.24, 2.45) is 5.92 Å². The van der Waals surface area contributed by atoms with Crippen LogP contribution in [-0.4, -0.2) is 36.2 Å². The van der Waals surface area contributed by atoms with Gasteiger partial charge >= 0.3 is 5.97 Å². The molecule has 6 heteroatoms. The highest BCUT2D eigenvalue weighted by atomic mass is 32.1. The van der Waals surface area contributed by atoms with E-state index in [1.54, 1.807) is 18.4 Å². The molecule has 2 aromatic carbocycles. The lowest BCUT2D eigenvalue weighted by Crippen LogP contribution is -2.41. The first-order chi connectivity index (χ1) is 15.2. The third-order valence-electron chi connectivity index (χ3n) is 5.77. The average molecular weight is 438 g/mol. The summed E-state index contributed by atoms with van der Waals surface area (Å²) in [6.07, 6.45) is 1.62. The normalized spacial score (nSPS) is 17.8. The second-order valence-electron chi connectivity index (χ2n) is 7.82. The smallest absolute Gasteiger partial charge is 0.307 e. The van der Waals surface area contributed by atoms with Crippen molar-refractivity contribution >= 4 is 17.3 Å². The highest BCUT2D eigenvalue weighted by Gasteiger charge is 2.31. The number of aliphatic carboxylic acids is 1. The Labute approximate surface area is 186 Å². The van der Waals surface area contributed by atoms with Gasteiger partial charge in [0.2, 0.25) is 0 Å². The number of carboxylic acids is 1. The van der Waals surface area contributed by atoms with Crippen molar-refractivity contribution in [1.82, 2.24) is 4.90 Å². The van der Waals surface area contributed by atoms with Crippen LogP contribution in [0.5, 0.6) is 11.5 Å². The monoisotopic (exact) mass is 437 g/mol. The lowest BCUT2D eigenvalue weighted by atomic mass is 9.92. The Morgan fingerprint density at radius 2 is 2.00 bits per heavy atom. The molecule has 3 aromatic rings. The molecule has 4 rings (SSSR count). The lowest BCUT2D eigenvalue weighted by molar-refractivity contribution is -0.143. The van der Waals surface area contributed by atoms with Crippen LogP contribution in [0.1, 0.15) is 35.6 Å². The number of methoxy groups -OCH3 is 1. The maximum Gasteiger partial charge on any atom is 0.307 e. The van der Waals surface area contributed by atoms with Crippen molar-refractivity contribution < 1.29 is 19.4 Å². The maximum atomic E-state index is 11.6. The number of hydrogen-bond donors (Lipinski definition) is 1. The fourth-order valence-electron chi connectivity index (χ4n) is 4.20. The molecule has 0 saturated carbocycles. The number of thiophene rings is 1. The molecule has 2 atom stereocenters. The Hall–Kier alpha value is -2.83. The zero-order chi connectivity index (χ0) is 21.6. The standard InChI is InChI=1S/C25H27NO4S/c1-29-23-14-19(9-10-22(23)30-16-18-6-3-2-4-7-18)24(21-11-13-31-17-21)26-12-5-8-20(15-26)25(27)28/h2-4,6-7,9-11,13-14,17,20,24H,5,8,12,15-16H2,1H3,(H,27,28). The van der Waals surface area contributed by atoms with Crippen molar-refractivity contribution in [1.29, 1.82) is 0 Å². The van der Waals surface area contributed by atoms with E-state index in [-0.39, 0.29) is 12.0 Å². The van der Waals surface area contributed by atoms with Gasteiger partial charge in [-0.05, 0) is 65.0 Å². The van der Waals surface area contributed by atoms with Crippen LogP contribution >= 0.6 is 11.3 Å². The Balaban J connectivity index is 1.60. The van der Waals surface area contributed by atoms with Crippen molar-refractivity contribution in [2.45, 2.75) is 25.5 Å². The summed E-state index contributed by atoms with van der Waals surface area (Å²) >= 11 is 1.65. The molecule has 0 spiro atoms. The number of carboxylic acid groups (broad SMARTS) is 1. The predicted octanol–water partition coefficient (Wildman–Crippen LogP) is 5.22. The molecule has 0 aliphatic carbocycles. The zero-order valence-corrected chi connectivity index (χ0v) is 18.4. The summed E-state index contributed by atoms with van der Waals surface area (Å²) in [5.74, 6) is 0.336. The van der Waals surface area contributed by atoms with E-state index in [1.165, 1.54) is 5.56 Å². The Kier molecular flexibility index (Phi) is 6.89. The van der Waals surface area contributed by atoms with E-state index < -0.39 is 5.97 Å². The molecule has 1 N–H and O–H groups in total. The molecule has 31 heavy (non-hydrogen) atoms. The first kappa shape index (κ1) is 21.4. The summed E-state index contributed by atoms with van der Waals surface area (Å²) in [5.41, 5.74) is 3.35. The number of carbonyl (C=O) groups is 1. The van der Waals surface area contributed by atoms with Gasteiger partial charge in [0.1, 0.15) is 6.61 Å². The molecule has 1 aliphatic heterocycles. The fourth-order valence-corrected chi connectivity index (χ4v) is 4.87. The molecule has 0 amide bonds. The van der Waals surface area contributed by atoms with Crippen molar-refractivity contribution in [2.75, 3.05) is 20.2 Å². The Morgan fingerprint density at radius 3 is 2.71 bits per heavy atom. The minimum absolute atomic E-state index is 0.00882. The summed E-state index contributed by atoms with van der Waals surface area (Å²) in [7, 11) is 1.65. The summed E-state index contributed by atoms with van der Waals surface area (Å²) in [4.78, 5) is 13.9. The van der Waals surface area contributed by atoms with Gasteiger partial charge in [-0.3, -0.25) is 9.69 Å². The highest BCUT2D eigenvalue weighted by Crippen LogP contribution is 2.38. The highest BCUT2D eigenvalue weighted by molar-refractivity contribution is 7.08. The minimum atomic E-state index is -0.712. The lowest BCUT2D eigenvalue weighted by Gasteiger charge is -2.37. The average Bonchev–Trinajstić information content (AvgIpc) is 3.33. The van der Waals surface area contributed by atoms with Crippen LogP contribution in [0.25, 0.3) is 0 Å². The predicted molar refractivity (Wildman–Crippen MR) is 122 cm³/mol. The van der Waals surface area contributed by atoms with Gasteiger partial charge in [-0.1, -0.05) is 36.4 Å². The summed E-state index contributed by atoms with van der Waals surface area (Å²) < 4.78 is 11.7. The number of benzene rings is 2. The first-order valence-electron chi connectivity index (χ1n) is 10.5. The molecular weight excluding hydrogens is 410 g/mol. The Bertz CT molecular complexity index is 990. The van der Waals surface area contributed by atoms with Gasteiger partial charge in [-0.15, -0.1) is 0 Å². The number of rotatable bonds is 8. The van der Waals surface area contributed by atoms with Gasteiger partial charge in [0, 0.05) is 6.54 Å². The zero-order valence-electron chi connectivity index (χ0n) is 17.6. The van der Waals surface area contributed by atoms with E-state index in [9.17, 15) is 9.90 Å².